The molecule has 1 aromatic rings. The molecular formula is C10H15N3O2. The number of aromatic nitrogens is 2. The van der Waals surface area contributed by atoms with Crippen LogP contribution in [0.2, 0.25) is 0 Å². The molecule has 1 amide bonds. The summed E-state index contributed by atoms with van der Waals surface area (Å²) in [6.07, 6.45) is 5.30. The Balaban J connectivity index is 1.76. The molecule has 1 atom stereocenters. The Bertz CT molecular complexity index is 304. The molecule has 0 aliphatic carbocycles. The number of rotatable bonds is 3. The highest BCUT2D eigenvalue weighted by atomic mass is 16.5. The number of carbonyl (C=O) groups is 1. The quantitative estimate of drug-likeness (QED) is 0.759. The van der Waals surface area contributed by atoms with Gasteiger partial charge in [-0.05, 0) is 12.8 Å². The van der Waals surface area contributed by atoms with E-state index in [-0.39, 0.29) is 11.8 Å². The van der Waals surface area contributed by atoms with Crippen LogP contribution in [0.4, 0.5) is 0 Å². The maximum absolute atomic E-state index is 11.7. The van der Waals surface area contributed by atoms with Crippen LogP contribution in [0.1, 0.15) is 18.7 Å². The van der Waals surface area contributed by atoms with Crippen molar-refractivity contribution in [3.63, 3.8) is 0 Å². The molecule has 82 valence electrons. The van der Waals surface area contributed by atoms with Crippen LogP contribution in [0.25, 0.3) is 0 Å². The van der Waals surface area contributed by atoms with Crippen LogP contribution in [0.15, 0.2) is 12.4 Å². The van der Waals surface area contributed by atoms with Crippen LogP contribution in [0.3, 0.4) is 0 Å². The molecule has 2 rings (SSSR count). The molecule has 0 spiro atoms. The van der Waals surface area contributed by atoms with Gasteiger partial charge in [0.25, 0.3) is 0 Å². The summed E-state index contributed by atoms with van der Waals surface area (Å²) in [6.45, 7) is 1.79. The zero-order valence-corrected chi connectivity index (χ0v) is 8.53. The fraction of sp³-hybridized carbons (Fsp3) is 0.600. The zero-order valence-electron chi connectivity index (χ0n) is 8.53. The first kappa shape index (κ1) is 10.2. The first-order valence-electron chi connectivity index (χ1n) is 5.20. The summed E-state index contributed by atoms with van der Waals surface area (Å²) >= 11 is 0. The molecule has 1 fully saturated rings. The van der Waals surface area contributed by atoms with E-state index in [4.69, 9.17) is 4.74 Å². The second-order valence-corrected chi connectivity index (χ2v) is 3.67. The third-order valence-electron chi connectivity index (χ3n) is 2.52. The third kappa shape index (κ3) is 2.79. The van der Waals surface area contributed by atoms with Gasteiger partial charge in [-0.1, -0.05) is 0 Å². The highest BCUT2D eigenvalue weighted by molar-refractivity contribution is 5.78. The highest BCUT2D eigenvalue weighted by Gasteiger charge is 2.21. The van der Waals surface area contributed by atoms with Gasteiger partial charge >= 0.3 is 0 Å². The molecule has 5 nitrogen and oxygen atoms in total. The maximum Gasteiger partial charge on any atom is 0.225 e. The van der Waals surface area contributed by atoms with Crippen molar-refractivity contribution in [3.8, 4) is 0 Å². The van der Waals surface area contributed by atoms with E-state index in [2.05, 4.69) is 15.3 Å². The largest absolute Gasteiger partial charge is 0.381 e. The lowest BCUT2D eigenvalue weighted by molar-refractivity contribution is -0.129. The summed E-state index contributed by atoms with van der Waals surface area (Å²) in [6, 6.07) is 0. The molecule has 1 saturated heterocycles. The van der Waals surface area contributed by atoms with Crippen molar-refractivity contribution in [3.05, 3.63) is 18.2 Å². The summed E-state index contributed by atoms with van der Waals surface area (Å²) < 4.78 is 5.26. The number of hydrogen-bond acceptors (Lipinski definition) is 3. The minimum absolute atomic E-state index is 0.00807. The van der Waals surface area contributed by atoms with Crippen molar-refractivity contribution >= 4 is 5.91 Å². The van der Waals surface area contributed by atoms with Crippen LogP contribution >= 0.6 is 0 Å². The summed E-state index contributed by atoms with van der Waals surface area (Å²) in [4.78, 5) is 18.6. The summed E-state index contributed by atoms with van der Waals surface area (Å²) in [5.41, 5.74) is 0. The molecule has 1 aromatic heterocycles. The Labute approximate surface area is 88.2 Å². The number of nitrogens with zero attached hydrogens (tertiary/aromatic N) is 1. The number of ether oxygens (including phenoxy) is 1. The molecule has 1 aliphatic heterocycles. The standard InChI is InChI=1S/C10H15N3O2/c14-10(8-2-1-5-15-7-8)13-6-9-11-3-4-12-9/h3-4,8H,1-2,5-7H2,(H,11,12)(H,13,14). The monoisotopic (exact) mass is 209 g/mol. The average Bonchev–Trinajstić information content (AvgIpc) is 2.80. The highest BCUT2D eigenvalue weighted by Crippen LogP contribution is 2.13. The number of imidazole rings is 1. The molecule has 2 N–H and O–H groups in total. The van der Waals surface area contributed by atoms with Crippen molar-refractivity contribution < 1.29 is 9.53 Å². The number of hydrogen-bond donors (Lipinski definition) is 2. The van der Waals surface area contributed by atoms with Gasteiger partial charge in [0.2, 0.25) is 5.91 Å². The van der Waals surface area contributed by atoms with E-state index in [1.807, 2.05) is 0 Å². The number of H-pyrrole nitrogens is 1. The first-order valence-corrected chi connectivity index (χ1v) is 5.20. The van der Waals surface area contributed by atoms with Gasteiger partial charge in [0.15, 0.2) is 0 Å². The average molecular weight is 209 g/mol. The summed E-state index contributed by atoms with van der Waals surface area (Å²) in [5, 5.41) is 2.84. The first-order chi connectivity index (χ1) is 7.36. The van der Waals surface area contributed by atoms with Crippen LogP contribution in [-0.4, -0.2) is 29.1 Å². The number of aromatic amines is 1. The van der Waals surface area contributed by atoms with E-state index in [1.54, 1.807) is 12.4 Å². The molecule has 15 heavy (non-hydrogen) atoms. The SMILES string of the molecule is O=C(NCc1ncc[nH]1)C1CCCOC1. The van der Waals surface area contributed by atoms with Crippen molar-refractivity contribution in [1.82, 2.24) is 15.3 Å². The molecule has 0 aromatic carbocycles. The number of carbonyl (C=O) groups excluding carboxylic acids is 1. The zero-order chi connectivity index (χ0) is 10.5. The van der Waals surface area contributed by atoms with Gasteiger partial charge in [0.1, 0.15) is 5.82 Å². The van der Waals surface area contributed by atoms with Gasteiger partial charge in [-0.15, -0.1) is 0 Å². The maximum atomic E-state index is 11.7. The van der Waals surface area contributed by atoms with Gasteiger partial charge in [-0.25, -0.2) is 4.98 Å². The van der Waals surface area contributed by atoms with Crippen molar-refractivity contribution in [2.24, 2.45) is 5.92 Å². The minimum Gasteiger partial charge on any atom is -0.381 e. The second kappa shape index (κ2) is 4.93. The lowest BCUT2D eigenvalue weighted by Gasteiger charge is -2.20. The molecule has 2 heterocycles. The Morgan fingerprint density at radius 3 is 3.33 bits per heavy atom. The molecule has 0 bridgehead atoms. The Kier molecular flexibility index (Phi) is 3.34. The topological polar surface area (TPSA) is 67.0 Å². The van der Waals surface area contributed by atoms with E-state index in [0.717, 1.165) is 25.3 Å². The normalized spacial score (nSPS) is 21.2. The van der Waals surface area contributed by atoms with Gasteiger partial charge < -0.3 is 15.0 Å². The van der Waals surface area contributed by atoms with Crippen LogP contribution in [0.5, 0.6) is 0 Å². The Hall–Kier alpha value is -1.36. The van der Waals surface area contributed by atoms with Crippen LogP contribution < -0.4 is 5.32 Å². The van der Waals surface area contributed by atoms with Crippen molar-refractivity contribution in [2.45, 2.75) is 19.4 Å². The van der Waals surface area contributed by atoms with Crippen LogP contribution in [-0.2, 0) is 16.1 Å². The Morgan fingerprint density at radius 2 is 2.67 bits per heavy atom. The predicted molar refractivity (Wildman–Crippen MR) is 54.0 cm³/mol. The van der Waals surface area contributed by atoms with Crippen molar-refractivity contribution in [2.75, 3.05) is 13.2 Å². The minimum atomic E-state index is 0.00807. The lowest BCUT2D eigenvalue weighted by Crippen LogP contribution is -2.35. The molecular weight excluding hydrogens is 194 g/mol. The number of nitrogens with one attached hydrogen (secondary N) is 2. The fourth-order valence-corrected chi connectivity index (χ4v) is 1.66. The summed E-state index contributed by atoms with van der Waals surface area (Å²) in [7, 11) is 0. The van der Waals surface area contributed by atoms with Gasteiger partial charge in [0.05, 0.1) is 19.1 Å². The summed E-state index contributed by atoms with van der Waals surface area (Å²) in [5.74, 6) is 0.847. The van der Waals surface area contributed by atoms with Crippen LogP contribution in [0, 0.1) is 5.92 Å². The van der Waals surface area contributed by atoms with E-state index < -0.39 is 0 Å². The molecule has 0 saturated carbocycles. The van der Waals surface area contributed by atoms with Gasteiger partial charge in [0, 0.05) is 19.0 Å². The van der Waals surface area contributed by atoms with E-state index in [0.29, 0.717) is 13.2 Å². The van der Waals surface area contributed by atoms with E-state index in [1.165, 1.54) is 0 Å². The van der Waals surface area contributed by atoms with E-state index >= 15 is 0 Å². The molecule has 0 radical (unpaired) electrons. The van der Waals surface area contributed by atoms with E-state index in [9.17, 15) is 4.79 Å². The Morgan fingerprint density at radius 1 is 1.73 bits per heavy atom. The predicted octanol–water partition coefficient (Wildman–Crippen LogP) is 0.452. The number of amides is 1. The second-order valence-electron chi connectivity index (χ2n) is 3.67. The molecule has 5 heteroatoms. The smallest absolute Gasteiger partial charge is 0.225 e. The van der Waals surface area contributed by atoms with Crippen molar-refractivity contribution in [1.29, 1.82) is 0 Å². The fourth-order valence-electron chi connectivity index (χ4n) is 1.66. The van der Waals surface area contributed by atoms with Gasteiger partial charge in [-0.3, -0.25) is 4.79 Å². The third-order valence-corrected chi connectivity index (χ3v) is 2.52. The lowest BCUT2D eigenvalue weighted by atomic mass is 10.0. The molecule has 1 aliphatic rings. The molecule has 1 unspecified atom stereocenters. The van der Waals surface area contributed by atoms with Gasteiger partial charge in [-0.2, -0.15) is 0 Å².